The maximum Gasteiger partial charge on any atom is 0.232 e. The molecule has 9 heteroatoms. The quantitative estimate of drug-likeness (QED) is 0.298. The van der Waals surface area contributed by atoms with Crippen LogP contribution < -0.4 is 15.5 Å². The van der Waals surface area contributed by atoms with Crippen molar-refractivity contribution < 1.29 is 15.0 Å². The van der Waals surface area contributed by atoms with Crippen molar-refractivity contribution in [2.75, 3.05) is 54.9 Å². The van der Waals surface area contributed by atoms with Crippen LogP contribution in [0.4, 0.5) is 17.8 Å². The van der Waals surface area contributed by atoms with Crippen molar-refractivity contribution >= 4 is 24.1 Å². The normalized spacial score (nSPS) is 10.3. The Kier molecular flexibility index (Phi) is 8.77. The second-order valence-corrected chi connectivity index (χ2v) is 4.53. The Morgan fingerprint density at radius 2 is 1.64 bits per heavy atom. The third-order valence-corrected chi connectivity index (χ3v) is 2.72. The highest BCUT2D eigenvalue weighted by Gasteiger charge is 2.13. The summed E-state index contributed by atoms with van der Waals surface area (Å²) in [5.74, 6) is 1.14. The van der Waals surface area contributed by atoms with Crippen LogP contribution in [0.5, 0.6) is 0 Å². The van der Waals surface area contributed by atoms with E-state index in [2.05, 4.69) is 25.6 Å². The Labute approximate surface area is 129 Å². The second-order valence-electron chi connectivity index (χ2n) is 4.53. The maximum absolute atomic E-state index is 10.4. The largest absolute Gasteiger partial charge is 0.395 e. The highest BCUT2D eigenvalue weighted by atomic mass is 16.3. The van der Waals surface area contributed by atoms with Gasteiger partial charge in [0.05, 0.1) is 13.2 Å². The van der Waals surface area contributed by atoms with E-state index < -0.39 is 0 Å². The number of nitrogens with one attached hydrogen (secondary N) is 2. The number of aldehydes is 1. The molecule has 22 heavy (non-hydrogen) atoms. The van der Waals surface area contributed by atoms with E-state index in [1.165, 1.54) is 0 Å². The summed E-state index contributed by atoms with van der Waals surface area (Å²) in [6.45, 7) is 3.66. The van der Waals surface area contributed by atoms with Gasteiger partial charge in [-0.25, -0.2) is 0 Å². The van der Waals surface area contributed by atoms with Crippen molar-refractivity contribution in [3.8, 4) is 0 Å². The van der Waals surface area contributed by atoms with Gasteiger partial charge in [-0.15, -0.1) is 0 Å². The van der Waals surface area contributed by atoms with Crippen LogP contribution in [0.2, 0.25) is 0 Å². The average Bonchev–Trinajstić information content (AvgIpc) is 2.53. The Hall–Kier alpha value is -2.00. The molecule has 0 saturated carbocycles. The minimum absolute atomic E-state index is 0.0721. The Bertz CT molecular complexity index is 440. The van der Waals surface area contributed by atoms with Crippen LogP contribution in [-0.2, 0) is 4.79 Å². The van der Waals surface area contributed by atoms with Gasteiger partial charge in [0.1, 0.15) is 6.29 Å². The van der Waals surface area contributed by atoms with Crippen molar-refractivity contribution in [3.05, 3.63) is 0 Å². The topological polar surface area (TPSA) is 124 Å². The molecule has 1 rings (SSSR count). The highest BCUT2D eigenvalue weighted by molar-refractivity contribution is 5.51. The maximum atomic E-state index is 10.4. The summed E-state index contributed by atoms with van der Waals surface area (Å²) in [6, 6.07) is 0. The molecule has 4 N–H and O–H groups in total. The summed E-state index contributed by atoms with van der Waals surface area (Å²) in [5, 5.41) is 24.3. The molecule has 0 aliphatic carbocycles. The van der Waals surface area contributed by atoms with Crippen LogP contribution >= 0.6 is 0 Å². The average molecular weight is 312 g/mol. The monoisotopic (exact) mass is 312 g/mol. The van der Waals surface area contributed by atoms with Gasteiger partial charge >= 0.3 is 0 Å². The second kappa shape index (κ2) is 10.7. The lowest BCUT2D eigenvalue weighted by Gasteiger charge is -2.21. The van der Waals surface area contributed by atoms with Gasteiger partial charge in [-0.1, -0.05) is 6.92 Å². The zero-order valence-electron chi connectivity index (χ0n) is 12.8. The van der Waals surface area contributed by atoms with E-state index in [9.17, 15) is 4.79 Å². The minimum Gasteiger partial charge on any atom is -0.395 e. The molecule has 0 radical (unpaired) electrons. The fourth-order valence-corrected chi connectivity index (χ4v) is 1.70. The smallest absolute Gasteiger partial charge is 0.232 e. The molecule has 0 bridgehead atoms. The molecule has 1 aromatic heterocycles. The summed E-state index contributed by atoms with van der Waals surface area (Å²) >= 11 is 0. The number of aromatic nitrogens is 3. The highest BCUT2D eigenvalue weighted by Crippen LogP contribution is 2.13. The van der Waals surface area contributed by atoms with Gasteiger partial charge in [0, 0.05) is 32.6 Å². The van der Waals surface area contributed by atoms with Gasteiger partial charge < -0.3 is 30.5 Å². The zero-order valence-corrected chi connectivity index (χ0v) is 12.8. The lowest BCUT2D eigenvalue weighted by atomic mass is 10.5. The predicted molar refractivity (Wildman–Crippen MR) is 84.2 cm³/mol. The summed E-state index contributed by atoms with van der Waals surface area (Å²) in [5.41, 5.74) is 0. The van der Waals surface area contributed by atoms with E-state index in [4.69, 9.17) is 10.2 Å². The van der Waals surface area contributed by atoms with Crippen LogP contribution in [0.3, 0.4) is 0 Å². The third-order valence-electron chi connectivity index (χ3n) is 2.72. The number of aliphatic hydroxyl groups excluding tert-OH is 2. The predicted octanol–water partition coefficient (Wildman–Crippen LogP) is -0.515. The standard InChI is InChI=1S/C13H24N6O3/c1-2-4-14-11-16-12(15-5-3-8-20)18-13(17-11)19(6-9-21)7-10-22/h8,21-22H,2-7,9-10H2,1H3,(H2,14,15,16,17,18). The van der Waals surface area contributed by atoms with E-state index >= 15 is 0 Å². The molecule has 0 amide bonds. The van der Waals surface area contributed by atoms with Gasteiger partial charge in [0.15, 0.2) is 0 Å². The first-order valence-corrected chi connectivity index (χ1v) is 7.39. The number of anilines is 3. The SMILES string of the molecule is CCCNc1nc(NCCC=O)nc(N(CCO)CCO)n1. The van der Waals surface area contributed by atoms with Crippen LogP contribution in [-0.4, -0.2) is 70.8 Å². The first kappa shape index (κ1) is 18.1. The molecule has 1 aromatic rings. The zero-order chi connectivity index (χ0) is 16.2. The van der Waals surface area contributed by atoms with Gasteiger partial charge in [-0.3, -0.25) is 0 Å². The van der Waals surface area contributed by atoms with E-state index in [0.717, 1.165) is 19.3 Å². The van der Waals surface area contributed by atoms with Crippen LogP contribution in [0.1, 0.15) is 19.8 Å². The molecule has 0 atom stereocenters. The van der Waals surface area contributed by atoms with Gasteiger partial charge in [-0.2, -0.15) is 15.0 Å². The fraction of sp³-hybridized carbons (Fsp3) is 0.692. The Balaban J connectivity index is 2.95. The number of nitrogens with zero attached hydrogens (tertiary/aromatic N) is 4. The molecule has 9 nitrogen and oxygen atoms in total. The van der Waals surface area contributed by atoms with Crippen molar-refractivity contribution in [1.29, 1.82) is 0 Å². The lowest BCUT2D eigenvalue weighted by molar-refractivity contribution is -0.107. The van der Waals surface area contributed by atoms with Crippen molar-refractivity contribution in [2.24, 2.45) is 0 Å². The third kappa shape index (κ3) is 6.19. The molecule has 0 aromatic carbocycles. The summed E-state index contributed by atoms with van der Waals surface area (Å²) in [6.07, 6.45) is 2.09. The van der Waals surface area contributed by atoms with E-state index in [1.54, 1.807) is 4.90 Å². The summed E-state index contributed by atoms with van der Waals surface area (Å²) in [7, 11) is 0. The number of carbonyl (C=O) groups is 1. The van der Waals surface area contributed by atoms with E-state index in [-0.39, 0.29) is 13.2 Å². The molecular weight excluding hydrogens is 288 g/mol. The van der Waals surface area contributed by atoms with Crippen LogP contribution in [0.15, 0.2) is 0 Å². The molecule has 0 aliphatic rings. The molecule has 1 heterocycles. The number of carbonyl (C=O) groups excluding carboxylic acids is 1. The van der Waals surface area contributed by atoms with Gasteiger partial charge in [0.2, 0.25) is 17.8 Å². The van der Waals surface area contributed by atoms with Crippen molar-refractivity contribution in [2.45, 2.75) is 19.8 Å². The van der Waals surface area contributed by atoms with E-state index in [1.807, 2.05) is 6.92 Å². The molecule has 0 fully saturated rings. The Morgan fingerprint density at radius 3 is 2.14 bits per heavy atom. The van der Waals surface area contributed by atoms with E-state index in [0.29, 0.717) is 43.9 Å². The lowest BCUT2D eigenvalue weighted by Crippen LogP contribution is -2.32. The van der Waals surface area contributed by atoms with Gasteiger partial charge in [-0.05, 0) is 6.42 Å². The molecular formula is C13H24N6O3. The molecule has 0 saturated heterocycles. The number of rotatable bonds is 12. The molecule has 124 valence electrons. The number of aliphatic hydroxyl groups is 2. The summed E-state index contributed by atoms with van der Waals surface area (Å²) < 4.78 is 0. The molecule has 0 unspecified atom stereocenters. The number of hydrogen-bond acceptors (Lipinski definition) is 9. The van der Waals surface area contributed by atoms with Gasteiger partial charge in [0.25, 0.3) is 0 Å². The van der Waals surface area contributed by atoms with Crippen LogP contribution in [0, 0.1) is 0 Å². The molecule has 0 aliphatic heterocycles. The number of hydrogen-bond donors (Lipinski definition) is 4. The fourth-order valence-electron chi connectivity index (χ4n) is 1.70. The van der Waals surface area contributed by atoms with Crippen LogP contribution in [0.25, 0.3) is 0 Å². The molecule has 0 spiro atoms. The minimum atomic E-state index is -0.0721. The van der Waals surface area contributed by atoms with Crippen molar-refractivity contribution in [3.63, 3.8) is 0 Å². The van der Waals surface area contributed by atoms with Crippen molar-refractivity contribution in [1.82, 2.24) is 15.0 Å². The Morgan fingerprint density at radius 1 is 1.05 bits per heavy atom. The first-order valence-electron chi connectivity index (χ1n) is 7.39. The summed E-state index contributed by atoms with van der Waals surface area (Å²) in [4.78, 5) is 24.8. The first-order chi connectivity index (χ1) is 10.7.